The van der Waals surface area contributed by atoms with E-state index < -0.39 is 16.1 Å². The van der Waals surface area contributed by atoms with Gasteiger partial charge in [0, 0.05) is 11.4 Å². The lowest BCUT2D eigenvalue weighted by atomic mass is 10.2. The van der Waals surface area contributed by atoms with Gasteiger partial charge in [-0.25, -0.2) is 13.1 Å². The third-order valence-corrected chi connectivity index (χ3v) is 3.36. The molecule has 1 aromatic heterocycles. The predicted octanol–water partition coefficient (Wildman–Crippen LogP) is 0.721. The summed E-state index contributed by atoms with van der Waals surface area (Å²) in [5.74, 6) is 0. The van der Waals surface area contributed by atoms with E-state index in [0.717, 1.165) is 11.1 Å². The van der Waals surface area contributed by atoms with Gasteiger partial charge in [0.1, 0.15) is 0 Å². The smallest absolute Gasteiger partial charge is 0.208 e. The van der Waals surface area contributed by atoms with Crippen LogP contribution in [0.1, 0.15) is 17.4 Å². The molecule has 1 heterocycles. The van der Waals surface area contributed by atoms with Crippen molar-refractivity contribution < 1.29 is 13.5 Å². The van der Waals surface area contributed by atoms with Crippen molar-refractivity contribution in [3.63, 3.8) is 0 Å². The second kappa shape index (κ2) is 4.88. The van der Waals surface area contributed by atoms with Gasteiger partial charge in [-0.05, 0) is 17.9 Å². The molecule has 1 atom stereocenters. The maximum Gasteiger partial charge on any atom is 0.208 e. The fourth-order valence-electron chi connectivity index (χ4n) is 1.00. The number of hydrogen-bond donors (Lipinski definition) is 2. The Morgan fingerprint density at radius 1 is 1.64 bits per heavy atom. The number of hydrogen-bond acceptors (Lipinski definition) is 4. The van der Waals surface area contributed by atoms with Crippen LogP contribution in [0, 0.1) is 0 Å². The van der Waals surface area contributed by atoms with E-state index in [0.29, 0.717) is 6.42 Å². The first kappa shape index (κ1) is 11.6. The molecule has 6 heteroatoms. The molecule has 4 nitrogen and oxygen atoms in total. The van der Waals surface area contributed by atoms with Crippen LogP contribution in [0.4, 0.5) is 0 Å². The van der Waals surface area contributed by atoms with Crippen LogP contribution in [0.2, 0.25) is 0 Å². The maximum absolute atomic E-state index is 10.7. The first-order valence-electron chi connectivity index (χ1n) is 4.15. The zero-order valence-corrected chi connectivity index (χ0v) is 9.44. The third-order valence-electron chi connectivity index (χ3n) is 1.65. The number of sulfonamides is 1. The quantitative estimate of drug-likeness (QED) is 0.790. The fourth-order valence-corrected chi connectivity index (χ4v) is 2.24. The second-order valence-corrected chi connectivity index (χ2v) is 5.80. The lowest BCUT2D eigenvalue weighted by Gasteiger charge is -2.07. The number of aliphatic hydroxyl groups is 1. The second-order valence-electron chi connectivity index (χ2n) is 2.99. The van der Waals surface area contributed by atoms with Crippen LogP contribution < -0.4 is 4.72 Å². The van der Waals surface area contributed by atoms with E-state index in [4.69, 9.17) is 0 Å². The van der Waals surface area contributed by atoms with Gasteiger partial charge in [0.05, 0.1) is 12.4 Å². The van der Waals surface area contributed by atoms with Gasteiger partial charge in [-0.1, -0.05) is 6.07 Å². The van der Waals surface area contributed by atoms with Gasteiger partial charge in [-0.2, -0.15) is 0 Å². The summed E-state index contributed by atoms with van der Waals surface area (Å²) < 4.78 is 23.7. The molecule has 0 aliphatic carbocycles. The normalized spacial score (nSPS) is 14.1. The van der Waals surface area contributed by atoms with Crippen LogP contribution >= 0.6 is 11.3 Å². The average Bonchev–Trinajstić information content (AvgIpc) is 2.53. The van der Waals surface area contributed by atoms with Crippen molar-refractivity contribution in [2.45, 2.75) is 12.5 Å². The number of aliphatic hydroxyl groups excluding tert-OH is 1. The summed E-state index contributed by atoms with van der Waals surface area (Å²) in [5, 5.41) is 11.5. The van der Waals surface area contributed by atoms with Crippen molar-refractivity contribution in [1.82, 2.24) is 4.72 Å². The van der Waals surface area contributed by atoms with Gasteiger partial charge < -0.3 is 5.11 Å². The molecule has 1 unspecified atom stereocenters. The Morgan fingerprint density at radius 2 is 2.36 bits per heavy atom. The number of rotatable bonds is 5. The Labute approximate surface area is 87.6 Å². The van der Waals surface area contributed by atoms with Gasteiger partial charge in [0.2, 0.25) is 10.0 Å². The van der Waals surface area contributed by atoms with Crippen molar-refractivity contribution in [2.24, 2.45) is 0 Å². The third kappa shape index (κ3) is 4.19. The van der Waals surface area contributed by atoms with Gasteiger partial charge >= 0.3 is 0 Å². The molecule has 1 aromatic rings. The largest absolute Gasteiger partial charge is 0.388 e. The maximum atomic E-state index is 10.7. The Morgan fingerprint density at radius 3 is 2.86 bits per heavy atom. The minimum Gasteiger partial charge on any atom is -0.388 e. The minimum absolute atomic E-state index is 0.262. The van der Waals surface area contributed by atoms with Crippen molar-refractivity contribution in [3.8, 4) is 0 Å². The van der Waals surface area contributed by atoms with Gasteiger partial charge in [0.25, 0.3) is 0 Å². The molecule has 0 bridgehead atoms. The van der Waals surface area contributed by atoms with Crippen molar-refractivity contribution in [1.29, 1.82) is 0 Å². The zero-order chi connectivity index (χ0) is 10.6. The summed E-state index contributed by atoms with van der Waals surface area (Å²) in [6, 6.07) is 3.68. The molecule has 0 aromatic carbocycles. The van der Waals surface area contributed by atoms with Gasteiger partial charge in [-0.3, -0.25) is 0 Å². The van der Waals surface area contributed by atoms with E-state index in [-0.39, 0.29) is 6.54 Å². The standard InChI is InChI=1S/C8H13NO3S2/c1-14(11,12)9-5-4-7(10)8-3-2-6-13-8/h2-3,6-7,9-10H,4-5H2,1H3. The molecule has 0 saturated carbocycles. The van der Waals surface area contributed by atoms with Crippen molar-refractivity contribution >= 4 is 21.4 Å². The Bertz CT molecular complexity index is 358. The lowest BCUT2D eigenvalue weighted by molar-refractivity contribution is 0.173. The molecule has 80 valence electrons. The highest BCUT2D eigenvalue weighted by Gasteiger charge is 2.09. The lowest BCUT2D eigenvalue weighted by Crippen LogP contribution is -2.24. The van der Waals surface area contributed by atoms with Crippen LogP contribution in [0.5, 0.6) is 0 Å². The SMILES string of the molecule is CS(=O)(=O)NCCC(O)c1cccs1. The van der Waals surface area contributed by atoms with Crippen molar-refractivity contribution in [3.05, 3.63) is 22.4 Å². The summed E-state index contributed by atoms with van der Waals surface area (Å²) in [6.45, 7) is 0.262. The topological polar surface area (TPSA) is 66.4 Å². The van der Waals surface area contributed by atoms with E-state index in [1.54, 1.807) is 0 Å². The molecule has 0 spiro atoms. The van der Waals surface area contributed by atoms with E-state index in [1.807, 2.05) is 17.5 Å². The number of thiophene rings is 1. The summed E-state index contributed by atoms with van der Waals surface area (Å²) in [6.07, 6.45) is 0.919. The van der Waals surface area contributed by atoms with Gasteiger partial charge in [0.15, 0.2) is 0 Å². The molecule has 0 fully saturated rings. The van der Waals surface area contributed by atoms with Gasteiger partial charge in [-0.15, -0.1) is 11.3 Å². The highest BCUT2D eigenvalue weighted by atomic mass is 32.2. The molecule has 1 rings (SSSR count). The minimum atomic E-state index is -3.15. The highest BCUT2D eigenvalue weighted by molar-refractivity contribution is 7.88. The van der Waals surface area contributed by atoms with E-state index in [2.05, 4.69) is 4.72 Å². The average molecular weight is 235 g/mol. The molecular formula is C8H13NO3S2. The molecule has 2 N–H and O–H groups in total. The van der Waals surface area contributed by atoms with Crippen LogP contribution in [-0.4, -0.2) is 26.3 Å². The molecular weight excluding hydrogens is 222 g/mol. The van der Waals surface area contributed by atoms with E-state index >= 15 is 0 Å². The summed E-state index contributed by atoms with van der Waals surface area (Å²) in [5.41, 5.74) is 0. The molecule has 0 amide bonds. The van der Waals surface area contributed by atoms with E-state index in [1.165, 1.54) is 11.3 Å². The van der Waals surface area contributed by atoms with Crippen LogP contribution in [0.15, 0.2) is 17.5 Å². The highest BCUT2D eigenvalue weighted by Crippen LogP contribution is 2.20. The number of nitrogens with one attached hydrogen (secondary N) is 1. The van der Waals surface area contributed by atoms with Crippen LogP contribution in [0.25, 0.3) is 0 Å². The first-order valence-corrected chi connectivity index (χ1v) is 6.92. The zero-order valence-electron chi connectivity index (χ0n) is 7.80. The van der Waals surface area contributed by atoms with Crippen LogP contribution in [-0.2, 0) is 10.0 Å². The Hall–Kier alpha value is -0.430. The molecule has 0 aliphatic heterocycles. The fraction of sp³-hybridized carbons (Fsp3) is 0.500. The Balaban J connectivity index is 2.33. The summed E-state index contributed by atoms with van der Waals surface area (Å²) >= 11 is 1.46. The Kier molecular flexibility index (Phi) is 4.06. The monoisotopic (exact) mass is 235 g/mol. The summed E-state index contributed by atoms with van der Waals surface area (Å²) in [4.78, 5) is 0.861. The van der Waals surface area contributed by atoms with Crippen molar-refractivity contribution in [2.75, 3.05) is 12.8 Å². The molecule has 0 radical (unpaired) electrons. The van der Waals surface area contributed by atoms with Crippen LogP contribution in [0.3, 0.4) is 0 Å². The van der Waals surface area contributed by atoms with E-state index in [9.17, 15) is 13.5 Å². The molecule has 0 aliphatic rings. The first-order chi connectivity index (χ1) is 6.49. The molecule has 0 saturated heterocycles. The summed E-state index contributed by atoms with van der Waals surface area (Å²) in [7, 11) is -3.15. The predicted molar refractivity (Wildman–Crippen MR) is 56.7 cm³/mol. The molecule has 14 heavy (non-hydrogen) atoms.